The third kappa shape index (κ3) is 5.35. The summed E-state index contributed by atoms with van der Waals surface area (Å²) in [4.78, 5) is 7.62. The van der Waals surface area contributed by atoms with Gasteiger partial charge >= 0.3 is 0 Å². The van der Waals surface area contributed by atoms with Gasteiger partial charge in [0.05, 0.1) is 12.5 Å². The molecule has 3 N–H and O–H groups in total. The van der Waals surface area contributed by atoms with Crippen molar-refractivity contribution in [1.82, 2.24) is 14.7 Å². The number of rotatable bonds is 6. The molecule has 0 amide bonds. The van der Waals surface area contributed by atoms with Gasteiger partial charge in [-0.25, -0.2) is 22.5 Å². The number of sulfonamides is 1. The van der Waals surface area contributed by atoms with E-state index in [0.717, 1.165) is 12.5 Å². The van der Waals surface area contributed by atoms with E-state index in [2.05, 4.69) is 25.3 Å². The van der Waals surface area contributed by atoms with Crippen molar-refractivity contribution < 1.29 is 12.8 Å². The Morgan fingerprint density at radius 1 is 1.42 bits per heavy atom. The van der Waals surface area contributed by atoms with Crippen molar-refractivity contribution >= 4 is 21.8 Å². The summed E-state index contributed by atoms with van der Waals surface area (Å²) >= 11 is 0. The highest BCUT2D eigenvalue weighted by Crippen LogP contribution is 2.13. The lowest BCUT2D eigenvalue weighted by Gasteiger charge is -2.25. The number of halogens is 1. The molecule has 0 unspecified atom stereocenters. The number of nitrogens with one attached hydrogen (secondary N) is 3. The summed E-state index contributed by atoms with van der Waals surface area (Å²) in [5.41, 5.74) is -0.773. The highest BCUT2D eigenvalue weighted by atomic mass is 32.2. The normalized spacial score (nSPS) is 12.3. The molecule has 1 heterocycles. The summed E-state index contributed by atoms with van der Waals surface area (Å²) in [6, 6.07) is 0. The van der Waals surface area contributed by atoms with E-state index in [1.165, 1.54) is 0 Å². The van der Waals surface area contributed by atoms with Gasteiger partial charge in [-0.05, 0) is 13.8 Å². The molecule has 0 atom stereocenters. The van der Waals surface area contributed by atoms with E-state index in [1.807, 2.05) is 0 Å². The summed E-state index contributed by atoms with van der Waals surface area (Å²) in [6.45, 7) is 3.54. The standard InChI is InChI=1S/C10H18FN5O2S/c1-10(2,16-19(4,17)18)6-14-8-7(11)5-13-9(12-3)15-8/h5,16H,6H2,1-4H3,(H2,12,13,14,15). The quantitative estimate of drug-likeness (QED) is 0.702. The Kier molecular flexibility index (Phi) is 4.64. The highest BCUT2D eigenvalue weighted by Gasteiger charge is 2.22. The van der Waals surface area contributed by atoms with Gasteiger partial charge in [-0.2, -0.15) is 4.98 Å². The average molecular weight is 291 g/mol. The molecular weight excluding hydrogens is 273 g/mol. The van der Waals surface area contributed by atoms with Gasteiger partial charge in [-0.15, -0.1) is 0 Å². The van der Waals surface area contributed by atoms with Crippen LogP contribution in [-0.2, 0) is 10.0 Å². The largest absolute Gasteiger partial charge is 0.366 e. The third-order valence-corrected chi connectivity index (χ3v) is 3.05. The Morgan fingerprint density at radius 3 is 2.58 bits per heavy atom. The van der Waals surface area contributed by atoms with Crippen LogP contribution in [0.4, 0.5) is 16.2 Å². The fourth-order valence-electron chi connectivity index (χ4n) is 1.45. The van der Waals surface area contributed by atoms with E-state index in [9.17, 15) is 12.8 Å². The average Bonchev–Trinajstić information content (AvgIpc) is 2.25. The fraction of sp³-hybridized carbons (Fsp3) is 0.600. The first-order valence-electron chi connectivity index (χ1n) is 5.56. The van der Waals surface area contributed by atoms with E-state index >= 15 is 0 Å². The molecule has 0 saturated carbocycles. The Balaban J connectivity index is 2.76. The number of hydrogen-bond donors (Lipinski definition) is 3. The zero-order valence-corrected chi connectivity index (χ0v) is 12.1. The van der Waals surface area contributed by atoms with Gasteiger partial charge in [0, 0.05) is 19.1 Å². The van der Waals surface area contributed by atoms with Gasteiger partial charge in [0.25, 0.3) is 0 Å². The van der Waals surface area contributed by atoms with Crippen LogP contribution in [-0.4, -0.2) is 43.8 Å². The van der Waals surface area contributed by atoms with Crippen molar-refractivity contribution in [1.29, 1.82) is 0 Å². The van der Waals surface area contributed by atoms with E-state index in [4.69, 9.17) is 0 Å². The van der Waals surface area contributed by atoms with Crippen LogP contribution in [0.1, 0.15) is 13.8 Å². The Hall–Kier alpha value is -1.48. The van der Waals surface area contributed by atoms with Gasteiger partial charge in [0.1, 0.15) is 0 Å². The zero-order chi connectivity index (χ0) is 14.7. The maximum absolute atomic E-state index is 13.5. The maximum Gasteiger partial charge on any atom is 0.224 e. The number of hydrogen-bond acceptors (Lipinski definition) is 6. The molecule has 0 aromatic carbocycles. The number of anilines is 2. The summed E-state index contributed by atoms with van der Waals surface area (Å²) in [6.07, 6.45) is 2.11. The van der Waals surface area contributed by atoms with Gasteiger partial charge < -0.3 is 10.6 Å². The van der Waals surface area contributed by atoms with Crippen molar-refractivity contribution in [3.8, 4) is 0 Å². The first-order valence-corrected chi connectivity index (χ1v) is 7.45. The fourth-order valence-corrected chi connectivity index (χ4v) is 2.53. The van der Waals surface area contributed by atoms with Gasteiger partial charge in [0.15, 0.2) is 11.6 Å². The molecule has 7 nitrogen and oxygen atoms in total. The third-order valence-electron chi connectivity index (χ3n) is 2.13. The zero-order valence-electron chi connectivity index (χ0n) is 11.3. The lowest BCUT2D eigenvalue weighted by molar-refractivity contribution is 0.474. The molecule has 0 aliphatic rings. The molecule has 0 saturated heterocycles. The van der Waals surface area contributed by atoms with Crippen LogP contribution in [0.25, 0.3) is 0 Å². The minimum atomic E-state index is -3.34. The molecule has 0 fully saturated rings. The molecule has 1 aromatic heterocycles. The molecule has 0 aliphatic carbocycles. The lowest BCUT2D eigenvalue weighted by Crippen LogP contribution is -2.47. The summed E-state index contributed by atoms with van der Waals surface area (Å²) < 4.78 is 38.3. The predicted molar refractivity (Wildman–Crippen MR) is 72.1 cm³/mol. The van der Waals surface area contributed by atoms with Crippen LogP contribution >= 0.6 is 0 Å². The first-order chi connectivity index (χ1) is 8.63. The second-order valence-corrected chi connectivity index (χ2v) is 6.50. The van der Waals surface area contributed by atoms with Crippen LogP contribution in [0, 0.1) is 5.82 Å². The SMILES string of the molecule is CNc1ncc(F)c(NCC(C)(C)NS(C)(=O)=O)n1. The van der Waals surface area contributed by atoms with Crippen molar-refractivity contribution in [2.75, 3.05) is 30.5 Å². The Bertz CT molecular complexity index is 547. The van der Waals surface area contributed by atoms with Gasteiger partial charge in [-0.3, -0.25) is 0 Å². The molecule has 108 valence electrons. The van der Waals surface area contributed by atoms with E-state index < -0.39 is 21.4 Å². The molecule has 1 aromatic rings. The minimum absolute atomic E-state index is 0.0164. The summed E-state index contributed by atoms with van der Waals surface area (Å²) in [5.74, 6) is -0.311. The molecule has 0 radical (unpaired) electrons. The van der Waals surface area contributed by atoms with Crippen molar-refractivity contribution in [3.05, 3.63) is 12.0 Å². The summed E-state index contributed by atoms with van der Waals surface area (Å²) in [7, 11) is -1.72. The van der Waals surface area contributed by atoms with Crippen LogP contribution in [0.3, 0.4) is 0 Å². The monoisotopic (exact) mass is 291 g/mol. The van der Waals surface area contributed by atoms with Crippen LogP contribution in [0.5, 0.6) is 0 Å². The molecule has 19 heavy (non-hydrogen) atoms. The van der Waals surface area contributed by atoms with Crippen molar-refractivity contribution in [3.63, 3.8) is 0 Å². The van der Waals surface area contributed by atoms with Crippen LogP contribution < -0.4 is 15.4 Å². The molecule has 0 bridgehead atoms. The van der Waals surface area contributed by atoms with Crippen LogP contribution in [0.2, 0.25) is 0 Å². The van der Waals surface area contributed by atoms with Gasteiger partial charge in [0.2, 0.25) is 16.0 Å². The summed E-state index contributed by atoms with van der Waals surface area (Å²) in [5, 5.41) is 5.45. The van der Waals surface area contributed by atoms with E-state index in [-0.39, 0.29) is 18.3 Å². The first kappa shape index (κ1) is 15.6. The number of aromatic nitrogens is 2. The lowest BCUT2D eigenvalue weighted by atomic mass is 10.1. The molecule has 1 rings (SSSR count). The van der Waals surface area contributed by atoms with Gasteiger partial charge in [-0.1, -0.05) is 0 Å². The van der Waals surface area contributed by atoms with Crippen LogP contribution in [0.15, 0.2) is 6.20 Å². The molecule has 9 heteroatoms. The number of nitrogens with zero attached hydrogens (tertiary/aromatic N) is 2. The van der Waals surface area contributed by atoms with Crippen molar-refractivity contribution in [2.24, 2.45) is 0 Å². The highest BCUT2D eigenvalue weighted by molar-refractivity contribution is 7.88. The second-order valence-electron chi connectivity index (χ2n) is 4.75. The second kappa shape index (κ2) is 5.66. The smallest absolute Gasteiger partial charge is 0.224 e. The minimum Gasteiger partial charge on any atom is -0.366 e. The van der Waals surface area contributed by atoms with E-state index in [1.54, 1.807) is 20.9 Å². The molecule has 0 aliphatic heterocycles. The maximum atomic E-state index is 13.5. The van der Waals surface area contributed by atoms with Crippen molar-refractivity contribution in [2.45, 2.75) is 19.4 Å². The predicted octanol–water partition coefficient (Wildman–Crippen LogP) is 0.397. The molecule has 0 spiro atoms. The Labute approximate surface area is 112 Å². The topological polar surface area (TPSA) is 96.0 Å². The molecular formula is C10H18FN5O2S. The Morgan fingerprint density at radius 2 is 2.05 bits per heavy atom. The van der Waals surface area contributed by atoms with E-state index in [0.29, 0.717) is 0 Å².